The summed E-state index contributed by atoms with van der Waals surface area (Å²) in [6.07, 6.45) is 3.80. The summed E-state index contributed by atoms with van der Waals surface area (Å²) < 4.78 is 32.5. The average Bonchev–Trinajstić information content (AvgIpc) is 2.89. The van der Waals surface area contributed by atoms with E-state index in [-0.39, 0.29) is 23.5 Å². The molecule has 6 nitrogen and oxygen atoms in total. The fraction of sp³-hybridized carbons (Fsp3) is 0.214. The zero-order chi connectivity index (χ0) is 15.0. The van der Waals surface area contributed by atoms with Gasteiger partial charge in [0.05, 0.1) is 0 Å². The molecule has 1 aliphatic heterocycles. The summed E-state index contributed by atoms with van der Waals surface area (Å²) in [5.74, 6) is -1.44. The number of furan rings is 1. The number of benzene rings is 1. The van der Waals surface area contributed by atoms with Crippen LogP contribution in [0.25, 0.3) is 11.0 Å². The van der Waals surface area contributed by atoms with Crippen LogP contribution in [0.2, 0.25) is 0 Å². The number of fused-ring (bicyclic) bond motifs is 1. The van der Waals surface area contributed by atoms with Crippen LogP contribution in [0.5, 0.6) is 0 Å². The highest BCUT2D eigenvalue weighted by molar-refractivity contribution is 7.82. The molecule has 1 aliphatic rings. The molecule has 0 saturated heterocycles. The van der Waals surface area contributed by atoms with E-state index < -0.39 is 28.8 Å². The number of hydrogen-bond acceptors (Lipinski definition) is 3. The number of rotatable bonds is 3. The Balaban J connectivity index is 0.00000176. The molecule has 0 bridgehead atoms. The first-order valence-corrected chi connectivity index (χ1v) is 7.42. The van der Waals surface area contributed by atoms with E-state index in [1.807, 2.05) is 0 Å². The first-order chi connectivity index (χ1) is 10.1. The normalized spacial score (nSPS) is 19.8. The largest absolute Gasteiger partial charge is 0.480 e. The number of carbonyl (C=O) groups is 1. The van der Waals surface area contributed by atoms with Crippen LogP contribution in [-0.4, -0.2) is 37.7 Å². The fourth-order valence-electron chi connectivity index (χ4n) is 2.25. The van der Waals surface area contributed by atoms with Gasteiger partial charge in [0, 0.05) is 18.0 Å². The van der Waals surface area contributed by atoms with E-state index >= 15 is 0 Å². The number of halogens is 1. The summed E-state index contributed by atoms with van der Waals surface area (Å²) in [6.45, 7) is 0.259. The van der Waals surface area contributed by atoms with Gasteiger partial charge in [-0.25, -0.2) is 8.60 Å². The van der Waals surface area contributed by atoms with Gasteiger partial charge in [0.25, 0.3) is 0 Å². The molecule has 3 rings (SSSR count). The van der Waals surface area contributed by atoms with Crippen LogP contribution in [0.15, 0.2) is 45.9 Å². The summed E-state index contributed by atoms with van der Waals surface area (Å²) in [5.41, 5.74) is 0.416. The molecule has 22 heavy (non-hydrogen) atoms. The number of hydrogen-bond donors (Lipinski definition) is 1. The topological polar surface area (TPSA) is 102 Å². The maximum atomic E-state index is 13.2. The molecule has 118 valence electrons. The molecule has 8 heteroatoms. The van der Waals surface area contributed by atoms with Crippen LogP contribution in [-0.2, 0) is 15.8 Å². The summed E-state index contributed by atoms with van der Waals surface area (Å²) in [5, 5.41) is 9.81. The van der Waals surface area contributed by atoms with Crippen LogP contribution in [0.3, 0.4) is 0 Å². The molecule has 2 heterocycles. The standard InChI is InChI=1S/C14H12FNO4S.H2O/c15-10-4-5-12-9(7-10)8-13(20-12)21(19)16-6-2-1-3-11(16)14(17)18;/h1-2,4-5,7-8,11H,3,6H2,(H,17,18);1H2. The lowest BCUT2D eigenvalue weighted by molar-refractivity contribution is -0.141. The van der Waals surface area contributed by atoms with E-state index in [0.717, 1.165) is 0 Å². The molecule has 2 atom stereocenters. The van der Waals surface area contributed by atoms with E-state index in [2.05, 4.69) is 0 Å². The third-order valence-electron chi connectivity index (χ3n) is 3.28. The molecule has 3 N–H and O–H groups in total. The monoisotopic (exact) mass is 327 g/mol. The van der Waals surface area contributed by atoms with Crippen molar-refractivity contribution < 1.29 is 28.4 Å². The first kappa shape index (κ1) is 16.3. The lowest BCUT2D eigenvalue weighted by Crippen LogP contribution is -2.43. The molecular formula is C14H14FNO5S. The summed E-state index contributed by atoms with van der Waals surface area (Å²) >= 11 is 0. The van der Waals surface area contributed by atoms with Gasteiger partial charge in [-0.3, -0.25) is 4.79 Å². The van der Waals surface area contributed by atoms with Crippen molar-refractivity contribution >= 4 is 27.9 Å². The summed E-state index contributed by atoms with van der Waals surface area (Å²) in [4.78, 5) is 11.2. The molecule has 1 aromatic heterocycles. The maximum Gasteiger partial charge on any atom is 0.322 e. The number of aliphatic carboxylic acids is 1. The first-order valence-electron chi connectivity index (χ1n) is 6.31. The average molecular weight is 327 g/mol. The van der Waals surface area contributed by atoms with Gasteiger partial charge in [-0.1, -0.05) is 12.2 Å². The molecule has 2 unspecified atom stereocenters. The predicted molar refractivity (Wildman–Crippen MR) is 78.1 cm³/mol. The lowest BCUT2D eigenvalue weighted by Gasteiger charge is -2.27. The van der Waals surface area contributed by atoms with Gasteiger partial charge >= 0.3 is 5.97 Å². The second kappa shape index (κ2) is 6.39. The van der Waals surface area contributed by atoms with Gasteiger partial charge in [-0.2, -0.15) is 4.31 Å². The van der Waals surface area contributed by atoms with Crippen molar-refractivity contribution in [2.75, 3.05) is 6.54 Å². The molecule has 0 spiro atoms. The van der Waals surface area contributed by atoms with E-state index in [0.29, 0.717) is 11.0 Å². The Morgan fingerprint density at radius 2 is 2.14 bits per heavy atom. The van der Waals surface area contributed by atoms with Crippen LogP contribution >= 0.6 is 0 Å². The van der Waals surface area contributed by atoms with Gasteiger partial charge in [-0.15, -0.1) is 0 Å². The highest BCUT2D eigenvalue weighted by Crippen LogP contribution is 2.26. The van der Waals surface area contributed by atoms with Gasteiger partial charge in [-0.05, 0) is 24.6 Å². The predicted octanol–water partition coefficient (Wildman–Crippen LogP) is 1.48. The zero-order valence-corrected chi connectivity index (χ0v) is 12.2. The minimum absolute atomic E-state index is 0. The molecule has 0 radical (unpaired) electrons. The van der Waals surface area contributed by atoms with Crippen molar-refractivity contribution in [3.63, 3.8) is 0 Å². The minimum atomic E-state index is -1.75. The molecule has 0 amide bonds. The van der Waals surface area contributed by atoms with Crippen molar-refractivity contribution in [2.45, 2.75) is 17.6 Å². The van der Waals surface area contributed by atoms with Gasteiger partial charge in [0.1, 0.15) is 17.4 Å². The van der Waals surface area contributed by atoms with Gasteiger partial charge in [0.2, 0.25) is 5.09 Å². The van der Waals surface area contributed by atoms with Crippen molar-refractivity contribution in [2.24, 2.45) is 0 Å². The Morgan fingerprint density at radius 3 is 2.86 bits per heavy atom. The smallest absolute Gasteiger partial charge is 0.322 e. The van der Waals surface area contributed by atoms with Gasteiger partial charge < -0.3 is 15.0 Å². The maximum absolute atomic E-state index is 13.2. The number of nitrogens with zero attached hydrogens (tertiary/aromatic N) is 1. The van der Waals surface area contributed by atoms with E-state index in [9.17, 15) is 18.5 Å². The summed E-state index contributed by atoms with van der Waals surface area (Å²) in [7, 11) is -1.75. The molecule has 1 aromatic carbocycles. The Bertz CT molecular complexity index is 757. The second-order valence-electron chi connectivity index (χ2n) is 4.66. The lowest BCUT2D eigenvalue weighted by atomic mass is 10.1. The second-order valence-corrected chi connectivity index (χ2v) is 6.03. The van der Waals surface area contributed by atoms with Crippen LogP contribution in [0, 0.1) is 5.82 Å². The third-order valence-corrected chi connectivity index (χ3v) is 4.66. The zero-order valence-electron chi connectivity index (χ0n) is 11.4. The third kappa shape index (κ3) is 2.94. The highest BCUT2D eigenvalue weighted by atomic mass is 32.2. The van der Waals surface area contributed by atoms with Crippen molar-refractivity contribution in [3.8, 4) is 0 Å². The van der Waals surface area contributed by atoms with Crippen LogP contribution in [0.4, 0.5) is 4.39 Å². The summed E-state index contributed by atoms with van der Waals surface area (Å²) in [6, 6.07) is 4.61. The van der Waals surface area contributed by atoms with Crippen LogP contribution < -0.4 is 0 Å². The number of carboxylic acids is 1. The van der Waals surface area contributed by atoms with Gasteiger partial charge in [0.15, 0.2) is 11.0 Å². The van der Waals surface area contributed by atoms with Crippen molar-refractivity contribution in [3.05, 3.63) is 42.2 Å². The Kier molecular flexibility index (Phi) is 4.74. The number of carboxylic acid groups (broad SMARTS) is 1. The Labute approximate surface area is 127 Å². The Morgan fingerprint density at radius 1 is 1.36 bits per heavy atom. The molecule has 2 aromatic rings. The Hall–Kier alpha value is -2.03. The SMILES string of the molecule is O.O=C(O)C1CC=CCN1S(=O)c1cc2cc(F)ccc2o1. The molecular weight excluding hydrogens is 313 g/mol. The van der Waals surface area contributed by atoms with E-state index in [4.69, 9.17) is 4.42 Å². The van der Waals surface area contributed by atoms with Crippen molar-refractivity contribution in [1.29, 1.82) is 0 Å². The molecule has 0 fully saturated rings. The quantitative estimate of drug-likeness (QED) is 0.863. The highest BCUT2D eigenvalue weighted by Gasteiger charge is 2.32. The van der Waals surface area contributed by atoms with Crippen molar-refractivity contribution in [1.82, 2.24) is 4.31 Å². The molecule has 0 aliphatic carbocycles. The van der Waals surface area contributed by atoms with E-state index in [1.165, 1.54) is 28.6 Å². The minimum Gasteiger partial charge on any atom is -0.480 e. The van der Waals surface area contributed by atoms with Crippen LogP contribution in [0.1, 0.15) is 6.42 Å². The van der Waals surface area contributed by atoms with E-state index in [1.54, 1.807) is 12.2 Å². The fourth-order valence-corrected chi connectivity index (χ4v) is 3.50. The molecule has 0 saturated carbocycles.